The number of anilines is 2. The number of hydrogen-bond acceptors (Lipinski definition) is 7. The van der Waals surface area contributed by atoms with Gasteiger partial charge in [0.1, 0.15) is 0 Å². The van der Waals surface area contributed by atoms with Crippen molar-refractivity contribution in [2.75, 3.05) is 43.5 Å². The topological polar surface area (TPSA) is 117 Å². The van der Waals surface area contributed by atoms with Gasteiger partial charge in [-0.25, -0.2) is 0 Å². The summed E-state index contributed by atoms with van der Waals surface area (Å²) >= 11 is 5.24. The number of ether oxygens (including phenoxy) is 1. The summed E-state index contributed by atoms with van der Waals surface area (Å²) in [7, 11) is 1.32. The quantitative estimate of drug-likeness (QED) is 0.277. The maximum atomic E-state index is 12.8. The SMILES string of the molecule is COc1ccc(C(=O)NC(=S)Nc2ccc(N3CCN(C(=O)c4ccc(C)cc4)CC3)cc2)cc1[N+](=O)[O-]. The number of aryl methyl sites for hydroxylation is 1. The van der Waals surface area contributed by atoms with Crippen molar-refractivity contribution >= 4 is 46.2 Å². The van der Waals surface area contributed by atoms with Crippen molar-refractivity contribution in [3.63, 3.8) is 0 Å². The van der Waals surface area contributed by atoms with Crippen LogP contribution >= 0.6 is 12.2 Å². The lowest BCUT2D eigenvalue weighted by Crippen LogP contribution is -2.48. The molecule has 196 valence electrons. The van der Waals surface area contributed by atoms with Crippen LogP contribution < -0.4 is 20.3 Å². The van der Waals surface area contributed by atoms with Gasteiger partial charge in [-0.1, -0.05) is 17.7 Å². The Hall–Kier alpha value is -4.51. The second-order valence-electron chi connectivity index (χ2n) is 8.74. The second kappa shape index (κ2) is 11.7. The van der Waals surface area contributed by atoms with Gasteiger partial charge < -0.3 is 19.9 Å². The molecule has 1 aliphatic rings. The molecular weight excluding hydrogens is 506 g/mol. The molecule has 3 aromatic carbocycles. The van der Waals surface area contributed by atoms with Crippen LogP contribution in [0, 0.1) is 17.0 Å². The van der Waals surface area contributed by atoms with Gasteiger partial charge in [0.2, 0.25) is 0 Å². The standard InChI is InChI=1S/C27H27N5O5S/c1-18-3-5-19(6-4-18)26(34)31-15-13-30(14-16-31)22-10-8-21(9-11-22)28-27(38)29-25(33)20-7-12-24(37-2)23(17-20)32(35)36/h3-12,17H,13-16H2,1-2H3,(H2,28,29,33,38). The highest BCUT2D eigenvalue weighted by molar-refractivity contribution is 7.80. The van der Waals surface area contributed by atoms with Crippen LogP contribution in [-0.2, 0) is 0 Å². The summed E-state index contributed by atoms with van der Waals surface area (Å²) in [6, 6.07) is 19.1. The first kappa shape index (κ1) is 26.6. The van der Waals surface area contributed by atoms with Gasteiger partial charge in [-0.05, 0) is 67.7 Å². The number of nitro groups is 1. The van der Waals surface area contributed by atoms with Crippen molar-refractivity contribution in [1.82, 2.24) is 10.2 Å². The first-order valence-corrected chi connectivity index (χ1v) is 12.3. The summed E-state index contributed by atoms with van der Waals surface area (Å²) in [5, 5.41) is 16.7. The molecule has 4 rings (SSSR count). The third-order valence-electron chi connectivity index (χ3n) is 6.22. The molecule has 0 spiro atoms. The minimum absolute atomic E-state index is 0.0454. The summed E-state index contributed by atoms with van der Waals surface area (Å²) < 4.78 is 4.96. The van der Waals surface area contributed by atoms with E-state index in [4.69, 9.17) is 17.0 Å². The van der Waals surface area contributed by atoms with Crippen molar-refractivity contribution in [3.8, 4) is 5.75 Å². The van der Waals surface area contributed by atoms with E-state index >= 15 is 0 Å². The third-order valence-corrected chi connectivity index (χ3v) is 6.42. The zero-order valence-electron chi connectivity index (χ0n) is 21.0. The Balaban J connectivity index is 1.29. The van der Waals surface area contributed by atoms with Gasteiger partial charge in [0.15, 0.2) is 10.9 Å². The summed E-state index contributed by atoms with van der Waals surface area (Å²) in [6.45, 7) is 4.69. The van der Waals surface area contributed by atoms with E-state index in [0.29, 0.717) is 37.4 Å². The smallest absolute Gasteiger partial charge is 0.311 e. The summed E-state index contributed by atoms with van der Waals surface area (Å²) in [4.78, 5) is 40.0. The number of carbonyl (C=O) groups is 2. The van der Waals surface area contributed by atoms with Gasteiger partial charge in [-0.2, -0.15) is 0 Å². The summed E-state index contributed by atoms with van der Waals surface area (Å²) in [5.41, 5.74) is 3.28. The van der Waals surface area contributed by atoms with E-state index in [1.807, 2.05) is 60.4 Å². The Morgan fingerprint density at radius 1 is 0.947 bits per heavy atom. The number of nitrogens with zero attached hydrogens (tertiary/aromatic N) is 3. The molecule has 1 fully saturated rings. The van der Waals surface area contributed by atoms with E-state index in [0.717, 1.165) is 17.3 Å². The Morgan fingerprint density at radius 2 is 1.58 bits per heavy atom. The van der Waals surface area contributed by atoms with Crippen LogP contribution in [0.15, 0.2) is 66.7 Å². The van der Waals surface area contributed by atoms with Crippen LogP contribution in [0.4, 0.5) is 17.1 Å². The van der Waals surface area contributed by atoms with Gasteiger partial charge >= 0.3 is 5.69 Å². The highest BCUT2D eigenvalue weighted by atomic mass is 32.1. The lowest BCUT2D eigenvalue weighted by molar-refractivity contribution is -0.385. The van der Waals surface area contributed by atoms with Gasteiger partial charge in [0.05, 0.1) is 12.0 Å². The average Bonchev–Trinajstić information content (AvgIpc) is 2.93. The van der Waals surface area contributed by atoms with E-state index in [9.17, 15) is 19.7 Å². The van der Waals surface area contributed by atoms with Crippen molar-refractivity contribution in [2.45, 2.75) is 6.92 Å². The number of thiocarbonyl (C=S) groups is 1. The minimum atomic E-state index is -0.616. The number of hydrogen-bond donors (Lipinski definition) is 2. The molecule has 10 nitrogen and oxygen atoms in total. The molecule has 0 unspecified atom stereocenters. The first-order chi connectivity index (χ1) is 18.2. The van der Waals surface area contributed by atoms with Crippen molar-refractivity contribution < 1.29 is 19.2 Å². The van der Waals surface area contributed by atoms with Crippen LogP contribution in [0.1, 0.15) is 26.3 Å². The Kier molecular flexibility index (Phi) is 8.17. The van der Waals surface area contributed by atoms with Crippen LogP contribution in [0.2, 0.25) is 0 Å². The molecule has 2 amide bonds. The molecule has 0 aromatic heterocycles. The maximum Gasteiger partial charge on any atom is 0.311 e. The molecule has 38 heavy (non-hydrogen) atoms. The average molecular weight is 534 g/mol. The van der Waals surface area contributed by atoms with E-state index in [-0.39, 0.29) is 28.0 Å². The van der Waals surface area contributed by atoms with Crippen LogP contribution in [0.25, 0.3) is 0 Å². The second-order valence-corrected chi connectivity index (χ2v) is 9.15. The van der Waals surface area contributed by atoms with Crippen LogP contribution in [-0.4, -0.2) is 60.0 Å². The fourth-order valence-electron chi connectivity index (χ4n) is 4.11. The number of nitrogens with one attached hydrogen (secondary N) is 2. The van der Waals surface area contributed by atoms with Crippen LogP contribution in [0.5, 0.6) is 5.75 Å². The molecule has 0 bridgehead atoms. The molecular formula is C27H27N5O5S. The number of amides is 2. The summed E-state index contributed by atoms with van der Waals surface area (Å²) in [6.07, 6.45) is 0. The lowest BCUT2D eigenvalue weighted by Gasteiger charge is -2.36. The zero-order chi connectivity index (χ0) is 27.2. The lowest BCUT2D eigenvalue weighted by atomic mass is 10.1. The minimum Gasteiger partial charge on any atom is -0.490 e. The van der Waals surface area contributed by atoms with E-state index in [2.05, 4.69) is 15.5 Å². The largest absolute Gasteiger partial charge is 0.490 e. The molecule has 11 heteroatoms. The van der Waals surface area contributed by atoms with E-state index < -0.39 is 10.8 Å². The number of rotatable bonds is 6. The molecule has 1 heterocycles. The molecule has 0 saturated carbocycles. The van der Waals surface area contributed by atoms with Crippen molar-refractivity contribution in [3.05, 3.63) is 93.5 Å². The molecule has 0 aliphatic carbocycles. The third kappa shape index (κ3) is 6.24. The van der Waals surface area contributed by atoms with Gasteiger partial charge in [0.25, 0.3) is 11.8 Å². The predicted octanol–water partition coefficient (Wildman–Crippen LogP) is 4.00. The monoisotopic (exact) mass is 533 g/mol. The highest BCUT2D eigenvalue weighted by Gasteiger charge is 2.22. The van der Waals surface area contributed by atoms with Gasteiger partial charge in [0, 0.05) is 54.7 Å². The number of methoxy groups -OCH3 is 1. The van der Waals surface area contributed by atoms with E-state index in [1.54, 1.807) is 0 Å². The van der Waals surface area contributed by atoms with Crippen LogP contribution in [0.3, 0.4) is 0 Å². The molecule has 1 aliphatic heterocycles. The van der Waals surface area contributed by atoms with E-state index in [1.165, 1.54) is 19.2 Å². The Bertz CT molecular complexity index is 1350. The van der Waals surface area contributed by atoms with Crippen molar-refractivity contribution in [2.24, 2.45) is 0 Å². The zero-order valence-corrected chi connectivity index (χ0v) is 21.8. The first-order valence-electron chi connectivity index (χ1n) is 11.9. The number of benzene rings is 3. The predicted molar refractivity (Wildman–Crippen MR) is 149 cm³/mol. The van der Waals surface area contributed by atoms with Gasteiger partial charge in [-0.3, -0.25) is 25.0 Å². The Morgan fingerprint density at radius 3 is 2.18 bits per heavy atom. The molecule has 0 atom stereocenters. The molecule has 3 aromatic rings. The number of piperazine rings is 1. The van der Waals surface area contributed by atoms with Crippen molar-refractivity contribution in [1.29, 1.82) is 0 Å². The van der Waals surface area contributed by atoms with Gasteiger partial charge in [-0.15, -0.1) is 0 Å². The highest BCUT2D eigenvalue weighted by Crippen LogP contribution is 2.27. The Labute approximate surface area is 225 Å². The maximum absolute atomic E-state index is 12.8. The molecule has 0 radical (unpaired) electrons. The normalized spacial score (nSPS) is 13.0. The fraction of sp³-hybridized carbons (Fsp3) is 0.222. The summed E-state index contributed by atoms with van der Waals surface area (Å²) in [5.74, 6) is -0.474. The molecule has 1 saturated heterocycles. The number of carbonyl (C=O) groups excluding carboxylic acids is 2. The number of nitro benzene ring substituents is 1. The fourth-order valence-corrected chi connectivity index (χ4v) is 4.32. The molecule has 2 N–H and O–H groups in total.